The number of ether oxygens (including phenoxy) is 2. The standard InChI is InChI=1S/C15H16Cl2O3/c1-9(11-5-4-10(16)8-12(11)17)13(18)15(2,3)14-19-6-7-20-14/h4-5,8,14H,1,6-7H2,2-3H3. The Morgan fingerprint density at radius 3 is 2.45 bits per heavy atom. The molecule has 0 aromatic heterocycles. The molecule has 0 unspecified atom stereocenters. The lowest BCUT2D eigenvalue weighted by Gasteiger charge is -2.29. The highest BCUT2D eigenvalue weighted by atomic mass is 35.5. The molecule has 1 heterocycles. The zero-order valence-electron chi connectivity index (χ0n) is 11.4. The van der Waals surface area contributed by atoms with E-state index >= 15 is 0 Å². The highest BCUT2D eigenvalue weighted by molar-refractivity contribution is 6.37. The zero-order chi connectivity index (χ0) is 14.9. The summed E-state index contributed by atoms with van der Waals surface area (Å²) in [6, 6.07) is 4.96. The van der Waals surface area contributed by atoms with Gasteiger partial charge in [-0.25, -0.2) is 0 Å². The van der Waals surface area contributed by atoms with Crippen LogP contribution >= 0.6 is 23.2 Å². The monoisotopic (exact) mass is 314 g/mol. The number of hydrogen-bond acceptors (Lipinski definition) is 3. The van der Waals surface area contributed by atoms with E-state index in [9.17, 15) is 4.79 Å². The number of hydrogen-bond donors (Lipinski definition) is 0. The van der Waals surface area contributed by atoms with E-state index in [1.807, 2.05) is 0 Å². The largest absolute Gasteiger partial charge is 0.349 e. The average Bonchev–Trinajstić information content (AvgIpc) is 2.91. The molecule has 0 radical (unpaired) electrons. The third-order valence-corrected chi connectivity index (χ3v) is 3.87. The molecule has 0 aliphatic carbocycles. The van der Waals surface area contributed by atoms with Gasteiger partial charge in [0.2, 0.25) is 0 Å². The molecular weight excluding hydrogens is 299 g/mol. The van der Waals surface area contributed by atoms with Gasteiger partial charge in [-0.2, -0.15) is 0 Å². The van der Waals surface area contributed by atoms with E-state index in [0.29, 0.717) is 34.4 Å². The second kappa shape index (κ2) is 5.86. The number of halogens is 2. The first-order valence-corrected chi connectivity index (χ1v) is 7.02. The minimum Gasteiger partial charge on any atom is -0.349 e. The molecule has 0 amide bonds. The summed E-state index contributed by atoms with van der Waals surface area (Å²) < 4.78 is 10.9. The molecule has 2 rings (SSSR count). The first kappa shape index (κ1) is 15.5. The van der Waals surface area contributed by atoms with Gasteiger partial charge in [0.15, 0.2) is 12.1 Å². The Morgan fingerprint density at radius 1 is 1.30 bits per heavy atom. The van der Waals surface area contributed by atoms with E-state index in [2.05, 4.69) is 6.58 Å². The van der Waals surface area contributed by atoms with Crippen LogP contribution in [0.2, 0.25) is 10.0 Å². The number of ketones is 1. The molecule has 108 valence electrons. The van der Waals surface area contributed by atoms with Gasteiger partial charge < -0.3 is 9.47 Å². The highest BCUT2D eigenvalue weighted by Gasteiger charge is 2.41. The van der Waals surface area contributed by atoms with E-state index in [1.165, 1.54) is 0 Å². The van der Waals surface area contributed by atoms with E-state index in [0.717, 1.165) is 0 Å². The van der Waals surface area contributed by atoms with Crippen LogP contribution in [0, 0.1) is 5.41 Å². The number of allylic oxidation sites excluding steroid dienone is 1. The smallest absolute Gasteiger partial charge is 0.173 e. The van der Waals surface area contributed by atoms with Crippen LogP contribution in [-0.4, -0.2) is 25.3 Å². The van der Waals surface area contributed by atoms with Gasteiger partial charge in [0.25, 0.3) is 0 Å². The Balaban J connectivity index is 2.25. The van der Waals surface area contributed by atoms with Gasteiger partial charge in [0.1, 0.15) is 0 Å². The number of Topliss-reactive ketones (excluding diaryl/α,β-unsaturated/α-hetero) is 1. The topological polar surface area (TPSA) is 35.5 Å². The van der Waals surface area contributed by atoms with Crippen molar-refractivity contribution in [2.24, 2.45) is 5.41 Å². The maximum absolute atomic E-state index is 12.6. The first-order chi connectivity index (χ1) is 9.34. The van der Waals surface area contributed by atoms with Crippen molar-refractivity contribution in [3.63, 3.8) is 0 Å². The molecule has 1 aromatic rings. The minimum absolute atomic E-state index is 0.159. The quantitative estimate of drug-likeness (QED) is 0.789. The van der Waals surface area contributed by atoms with Gasteiger partial charge >= 0.3 is 0 Å². The van der Waals surface area contributed by atoms with Crippen LogP contribution in [0.4, 0.5) is 0 Å². The molecule has 5 heteroatoms. The predicted octanol–water partition coefficient (Wildman–Crippen LogP) is 3.97. The van der Waals surface area contributed by atoms with E-state index < -0.39 is 11.7 Å². The normalized spacial score (nSPS) is 16.4. The second-order valence-electron chi connectivity index (χ2n) is 5.23. The van der Waals surface area contributed by atoms with Crippen LogP contribution in [0.1, 0.15) is 19.4 Å². The summed E-state index contributed by atoms with van der Waals surface area (Å²) in [6.45, 7) is 8.41. The maximum atomic E-state index is 12.6. The summed E-state index contributed by atoms with van der Waals surface area (Å²) in [5.41, 5.74) is 0.0826. The summed E-state index contributed by atoms with van der Waals surface area (Å²) in [5, 5.41) is 0.917. The molecule has 20 heavy (non-hydrogen) atoms. The molecule has 1 aliphatic heterocycles. The van der Waals surface area contributed by atoms with E-state index in [4.69, 9.17) is 32.7 Å². The fraction of sp³-hybridized carbons (Fsp3) is 0.400. The van der Waals surface area contributed by atoms with Crippen molar-refractivity contribution in [1.82, 2.24) is 0 Å². The number of benzene rings is 1. The number of carbonyl (C=O) groups excluding carboxylic acids is 1. The van der Waals surface area contributed by atoms with Crippen LogP contribution in [0.25, 0.3) is 5.57 Å². The molecule has 3 nitrogen and oxygen atoms in total. The number of carbonyl (C=O) groups is 1. The Hall–Kier alpha value is -0.870. The SMILES string of the molecule is C=C(C(=O)C(C)(C)C1OCCO1)c1ccc(Cl)cc1Cl. The van der Waals surface area contributed by atoms with Crippen molar-refractivity contribution in [2.75, 3.05) is 13.2 Å². The molecule has 0 saturated carbocycles. The molecular formula is C15H16Cl2O3. The Labute approximate surface area is 128 Å². The van der Waals surface area contributed by atoms with Crippen LogP contribution < -0.4 is 0 Å². The molecule has 1 saturated heterocycles. The van der Waals surface area contributed by atoms with Crippen molar-refractivity contribution in [1.29, 1.82) is 0 Å². The molecule has 1 aromatic carbocycles. The summed E-state index contributed by atoms with van der Waals surface area (Å²) in [7, 11) is 0. The van der Waals surface area contributed by atoms with Gasteiger partial charge in [-0.05, 0) is 26.0 Å². The molecule has 1 aliphatic rings. The van der Waals surface area contributed by atoms with Crippen molar-refractivity contribution >= 4 is 34.6 Å². The fourth-order valence-corrected chi connectivity index (χ4v) is 2.65. The van der Waals surface area contributed by atoms with Crippen molar-refractivity contribution in [3.05, 3.63) is 40.4 Å². The maximum Gasteiger partial charge on any atom is 0.173 e. The Morgan fingerprint density at radius 2 is 1.90 bits per heavy atom. The van der Waals surface area contributed by atoms with Gasteiger partial charge in [-0.15, -0.1) is 0 Å². The predicted molar refractivity (Wildman–Crippen MR) is 80.0 cm³/mol. The van der Waals surface area contributed by atoms with Crippen LogP contribution in [0.5, 0.6) is 0 Å². The highest BCUT2D eigenvalue weighted by Crippen LogP contribution is 2.35. The van der Waals surface area contributed by atoms with Gasteiger partial charge in [-0.3, -0.25) is 4.79 Å². The number of rotatable bonds is 4. The van der Waals surface area contributed by atoms with E-state index in [-0.39, 0.29) is 5.78 Å². The molecule has 0 atom stereocenters. The lowest BCUT2D eigenvalue weighted by molar-refractivity contribution is -0.149. The lowest BCUT2D eigenvalue weighted by atomic mass is 9.81. The molecule has 1 fully saturated rings. The minimum atomic E-state index is -0.823. The zero-order valence-corrected chi connectivity index (χ0v) is 12.9. The summed E-state index contributed by atoms with van der Waals surface area (Å²) in [6.07, 6.45) is -0.558. The first-order valence-electron chi connectivity index (χ1n) is 6.26. The van der Waals surface area contributed by atoms with Crippen molar-refractivity contribution in [2.45, 2.75) is 20.1 Å². The van der Waals surface area contributed by atoms with Crippen LogP contribution in [0.3, 0.4) is 0 Å². The summed E-state index contributed by atoms with van der Waals surface area (Å²) in [5.74, 6) is -0.159. The van der Waals surface area contributed by atoms with E-state index in [1.54, 1.807) is 32.0 Å². The molecule has 0 N–H and O–H groups in total. The third-order valence-electron chi connectivity index (χ3n) is 3.33. The fourth-order valence-electron chi connectivity index (χ4n) is 2.13. The Bertz CT molecular complexity index is 546. The lowest BCUT2D eigenvalue weighted by Crippen LogP contribution is -2.38. The molecule has 0 bridgehead atoms. The molecule has 0 spiro atoms. The van der Waals surface area contributed by atoms with Crippen molar-refractivity contribution < 1.29 is 14.3 Å². The van der Waals surface area contributed by atoms with Crippen LogP contribution in [0.15, 0.2) is 24.8 Å². The van der Waals surface area contributed by atoms with Crippen LogP contribution in [-0.2, 0) is 14.3 Å². The second-order valence-corrected chi connectivity index (χ2v) is 6.07. The van der Waals surface area contributed by atoms with Gasteiger partial charge in [0, 0.05) is 21.2 Å². The summed E-state index contributed by atoms with van der Waals surface area (Å²) in [4.78, 5) is 12.6. The Kier molecular flexibility index (Phi) is 4.55. The average molecular weight is 315 g/mol. The van der Waals surface area contributed by atoms with Gasteiger partial charge in [0.05, 0.1) is 18.6 Å². The summed E-state index contributed by atoms with van der Waals surface area (Å²) >= 11 is 12.0. The van der Waals surface area contributed by atoms with Crippen molar-refractivity contribution in [3.8, 4) is 0 Å². The third kappa shape index (κ3) is 2.91. The van der Waals surface area contributed by atoms with Gasteiger partial charge in [-0.1, -0.05) is 35.8 Å².